The number of benzene rings is 2. The minimum Gasteiger partial charge on any atom is -0.486 e. The Hall–Kier alpha value is -2.49. The van der Waals surface area contributed by atoms with E-state index in [2.05, 4.69) is 37.4 Å². The molecule has 0 bridgehead atoms. The van der Waals surface area contributed by atoms with E-state index in [-0.39, 0.29) is 5.91 Å². The molecular weight excluding hydrogens is 278 g/mol. The van der Waals surface area contributed by atoms with Gasteiger partial charge in [0, 0.05) is 12.1 Å². The molecule has 3 rings (SSSR count). The zero-order valence-electron chi connectivity index (χ0n) is 12.8. The van der Waals surface area contributed by atoms with Crippen LogP contribution in [-0.2, 0) is 6.54 Å². The molecule has 1 N–H and O–H groups in total. The molecule has 1 heterocycles. The molecule has 0 aromatic heterocycles. The van der Waals surface area contributed by atoms with Crippen molar-refractivity contribution in [2.24, 2.45) is 0 Å². The molecule has 0 radical (unpaired) electrons. The van der Waals surface area contributed by atoms with E-state index < -0.39 is 0 Å². The quantitative estimate of drug-likeness (QED) is 0.947. The maximum Gasteiger partial charge on any atom is 0.251 e. The van der Waals surface area contributed by atoms with Crippen molar-refractivity contribution in [3.8, 4) is 11.5 Å². The van der Waals surface area contributed by atoms with Crippen molar-refractivity contribution in [2.45, 2.75) is 20.4 Å². The van der Waals surface area contributed by atoms with Crippen molar-refractivity contribution in [1.82, 2.24) is 5.32 Å². The molecule has 4 heteroatoms. The summed E-state index contributed by atoms with van der Waals surface area (Å²) in [7, 11) is 0. The second-order valence-electron chi connectivity index (χ2n) is 5.47. The molecule has 0 spiro atoms. The van der Waals surface area contributed by atoms with Gasteiger partial charge in [0.25, 0.3) is 5.91 Å². The lowest BCUT2D eigenvalue weighted by Crippen LogP contribution is -2.23. The van der Waals surface area contributed by atoms with Crippen molar-refractivity contribution < 1.29 is 14.3 Å². The Morgan fingerprint density at radius 2 is 1.82 bits per heavy atom. The van der Waals surface area contributed by atoms with Gasteiger partial charge in [0.05, 0.1) is 0 Å². The fourth-order valence-electron chi connectivity index (χ4n) is 2.51. The predicted octanol–water partition coefficient (Wildman–Crippen LogP) is 3.00. The third kappa shape index (κ3) is 3.06. The van der Waals surface area contributed by atoms with E-state index in [9.17, 15) is 4.79 Å². The lowest BCUT2D eigenvalue weighted by molar-refractivity contribution is 0.0949. The number of amides is 1. The average Bonchev–Trinajstić information content (AvgIpc) is 2.53. The van der Waals surface area contributed by atoms with Crippen molar-refractivity contribution in [1.29, 1.82) is 0 Å². The molecule has 0 aliphatic carbocycles. The van der Waals surface area contributed by atoms with Crippen LogP contribution >= 0.6 is 0 Å². The van der Waals surface area contributed by atoms with Crippen LogP contribution in [0.15, 0.2) is 36.4 Å². The van der Waals surface area contributed by atoms with Crippen LogP contribution in [0.1, 0.15) is 27.0 Å². The standard InChI is InChI=1S/C18H19NO3/c1-12-3-4-15(13(2)9-12)11-19-18(20)14-5-6-16-17(10-14)22-8-7-21-16/h3-6,9-10H,7-8,11H2,1-2H3,(H,19,20). The Morgan fingerprint density at radius 1 is 1.05 bits per heavy atom. The van der Waals surface area contributed by atoms with Gasteiger partial charge in [-0.3, -0.25) is 4.79 Å². The van der Waals surface area contributed by atoms with Crippen LogP contribution in [0.4, 0.5) is 0 Å². The van der Waals surface area contributed by atoms with Gasteiger partial charge < -0.3 is 14.8 Å². The van der Waals surface area contributed by atoms with E-state index in [4.69, 9.17) is 9.47 Å². The van der Waals surface area contributed by atoms with Gasteiger partial charge in [-0.1, -0.05) is 23.8 Å². The van der Waals surface area contributed by atoms with Gasteiger partial charge in [-0.05, 0) is 43.2 Å². The van der Waals surface area contributed by atoms with Gasteiger partial charge >= 0.3 is 0 Å². The van der Waals surface area contributed by atoms with Crippen molar-refractivity contribution in [3.05, 3.63) is 58.7 Å². The summed E-state index contributed by atoms with van der Waals surface area (Å²) in [4.78, 5) is 12.3. The molecule has 0 atom stereocenters. The van der Waals surface area contributed by atoms with E-state index in [1.807, 2.05) is 0 Å². The third-order valence-corrected chi connectivity index (χ3v) is 3.74. The summed E-state index contributed by atoms with van der Waals surface area (Å²) in [6.45, 7) is 5.69. The highest BCUT2D eigenvalue weighted by Gasteiger charge is 2.14. The number of nitrogens with one attached hydrogen (secondary N) is 1. The molecule has 0 unspecified atom stereocenters. The molecule has 0 fully saturated rings. The van der Waals surface area contributed by atoms with Gasteiger partial charge in [-0.15, -0.1) is 0 Å². The van der Waals surface area contributed by atoms with E-state index >= 15 is 0 Å². The van der Waals surface area contributed by atoms with E-state index in [0.717, 1.165) is 5.56 Å². The number of hydrogen-bond donors (Lipinski definition) is 1. The molecule has 0 saturated carbocycles. The van der Waals surface area contributed by atoms with Gasteiger partial charge in [-0.2, -0.15) is 0 Å². The first-order valence-electron chi connectivity index (χ1n) is 7.37. The van der Waals surface area contributed by atoms with Crippen LogP contribution in [0.5, 0.6) is 11.5 Å². The van der Waals surface area contributed by atoms with Crippen LogP contribution in [0.25, 0.3) is 0 Å². The molecule has 4 nitrogen and oxygen atoms in total. The highest BCUT2D eigenvalue weighted by atomic mass is 16.6. The van der Waals surface area contributed by atoms with Crippen LogP contribution in [-0.4, -0.2) is 19.1 Å². The molecule has 1 aliphatic rings. The largest absolute Gasteiger partial charge is 0.486 e. The summed E-state index contributed by atoms with van der Waals surface area (Å²) in [5.41, 5.74) is 4.10. The lowest BCUT2D eigenvalue weighted by Gasteiger charge is -2.18. The predicted molar refractivity (Wildman–Crippen MR) is 84.5 cm³/mol. The Kier molecular flexibility index (Phi) is 4.00. The zero-order chi connectivity index (χ0) is 15.5. The normalized spacial score (nSPS) is 12.8. The molecule has 22 heavy (non-hydrogen) atoms. The number of carbonyl (C=O) groups is 1. The van der Waals surface area contributed by atoms with Crippen LogP contribution in [0, 0.1) is 13.8 Å². The van der Waals surface area contributed by atoms with Gasteiger partial charge in [0.1, 0.15) is 13.2 Å². The van der Waals surface area contributed by atoms with Gasteiger partial charge in [-0.25, -0.2) is 0 Å². The van der Waals surface area contributed by atoms with Gasteiger partial charge in [0.15, 0.2) is 11.5 Å². The number of fused-ring (bicyclic) bond motifs is 1. The first-order valence-corrected chi connectivity index (χ1v) is 7.37. The number of carbonyl (C=O) groups excluding carboxylic acids is 1. The van der Waals surface area contributed by atoms with Gasteiger partial charge in [0.2, 0.25) is 0 Å². The highest BCUT2D eigenvalue weighted by molar-refractivity contribution is 5.94. The Labute approximate surface area is 130 Å². The second kappa shape index (κ2) is 6.10. The molecule has 1 aliphatic heterocycles. The van der Waals surface area contributed by atoms with Crippen molar-refractivity contribution >= 4 is 5.91 Å². The van der Waals surface area contributed by atoms with E-state index in [1.54, 1.807) is 18.2 Å². The van der Waals surface area contributed by atoms with Crippen LogP contribution in [0.2, 0.25) is 0 Å². The maximum atomic E-state index is 12.3. The summed E-state index contributed by atoms with van der Waals surface area (Å²) < 4.78 is 11.0. The highest BCUT2D eigenvalue weighted by Crippen LogP contribution is 2.30. The third-order valence-electron chi connectivity index (χ3n) is 3.74. The molecule has 114 valence electrons. The summed E-state index contributed by atoms with van der Waals surface area (Å²) in [6, 6.07) is 11.5. The van der Waals surface area contributed by atoms with E-state index in [1.165, 1.54) is 11.1 Å². The van der Waals surface area contributed by atoms with Crippen LogP contribution in [0.3, 0.4) is 0 Å². The second-order valence-corrected chi connectivity index (χ2v) is 5.47. The summed E-state index contributed by atoms with van der Waals surface area (Å²) in [6.07, 6.45) is 0. The fraction of sp³-hybridized carbons (Fsp3) is 0.278. The molecule has 2 aromatic carbocycles. The van der Waals surface area contributed by atoms with E-state index in [0.29, 0.717) is 36.8 Å². The summed E-state index contributed by atoms with van der Waals surface area (Å²) in [5, 5.41) is 2.95. The molecule has 1 amide bonds. The fourth-order valence-corrected chi connectivity index (χ4v) is 2.51. The maximum absolute atomic E-state index is 12.3. The SMILES string of the molecule is Cc1ccc(CNC(=O)c2ccc3c(c2)OCCO3)c(C)c1. The monoisotopic (exact) mass is 297 g/mol. The first-order chi connectivity index (χ1) is 10.6. The summed E-state index contributed by atoms with van der Waals surface area (Å²) >= 11 is 0. The topological polar surface area (TPSA) is 47.6 Å². The number of hydrogen-bond acceptors (Lipinski definition) is 3. The van der Waals surface area contributed by atoms with Crippen LogP contribution < -0.4 is 14.8 Å². The van der Waals surface area contributed by atoms with Crippen molar-refractivity contribution in [3.63, 3.8) is 0 Å². The Morgan fingerprint density at radius 3 is 2.59 bits per heavy atom. The average molecular weight is 297 g/mol. The molecule has 0 saturated heterocycles. The number of ether oxygens (including phenoxy) is 2. The summed E-state index contributed by atoms with van der Waals surface area (Å²) in [5.74, 6) is 1.21. The van der Waals surface area contributed by atoms with Crippen molar-refractivity contribution in [2.75, 3.05) is 13.2 Å². The Balaban J connectivity index is 1.69. The molecule has 2 aromatic rings. The number of aryl methyl sites for hydroxylation is 2. The minimum absolute atomic E-state index is 0.114. The smallest absolute Gasteiger partial charge is 0.251 e. The minimum atomic E-state index is -0.114. The Bertz CT molecular complexity index is 709. The number of rotatable bonds is 3. The lowest BCUT2D eigenvalue weighted by atomic mass is 10.1. The molecular formula is C18H19NO3. The zero-order valence-corrected chi connectivity index (χ0v) is 12.8. The first kappa shape index (κ1) is 14.4.